The van der Waals surface area contributed by atoms with E-state index < -0.39 is 36.4 Å². The maximum Gasteiger partial charge on any atom is 0.201 e. The Morgan fingerprint density at radius 1 is 0.823 bits per heavy atom. The third-order valence-corrected chi connectivity index (χ3v) is 16.7. The molecule has 0 unspecified atom stereocenters. The predicted octanol–water partition coefficient (Wildman–Crippen LogP) is 10.3. The van der Waals surface area contributed by atoms with Gasteiger partial charge in [-0.05, 0) is 133 Å². The van der Waals surface area contributed by atoms with Gasteiger partial charge in [-0.2, -0.15) is 0 Å². The largest absolute Gasteiger partial charge is 0.508 e. The SMILES string of the molecule is COc1c(O)c(O)c(CO)c([C@@H]2C[C@H](O)[C@H]3CC[C@@H](c4ccc(O)c([C@@H]5C[C@H](C6CCCC6)CC[C@@H]5[C@H](O)CC5(c6ccccc6)CCCCC5)c4)C[C@@H]3O2)c1Cc1cc[nH]c1. The number of H-pyrrole nitrogens is 1. The monoisotopic (exact) mass is 848 g/mol. The summed E-state index contributed by atoms with van der Waals surface area (Å²) in [6.45, 7) is -0.520. The molecule has 9 nitrogen and oxygen atoms in total. The summed E-state index contributed by atoms with van der Waals surface area (Å²) < 4.78 is 12.7. The van der Waals surface area contributed by atoms with Crippen LogP contribution >= 0.6 is 0 Å². The van der Waals surface area contributed by atoms with Gasteiger partial charge in [0, 0.05) is 42.3 Å². The lowest BCUT2D eigenvalue weighted by Gasteiger charge is -2.46. The number of aromatic hydroxyl groups is 3. The van der Waals surface area contributed by atoms with Crippen LogP contribution in [-0.4, -0.2) is 61.0 Å². The maximum atomic E-state index is 12.5. The molecular formula is C53H69NO8. The summed E-state index contributed by atoms with van der Waals surface area (Å²) in [5, 5.41) is 68.9. The van der Waals surface area contributed by atoms with Gasteiger partial charge in [0.15, 0.2) is 11.5 Å². The van der Waals surface area contributed by atoms with Gasteiger partial charge >= 0.3 is 0 Å². The van der Waals surface area contributed by atoms with Gasteiger partial charge in [0.2, 0.25) is 5.75 Å². The summed E-state index contributed by atoms with van der Waals surface area (Å²) in [6.07, 6.45) is 19.5. The second kappa shape index (κ2) is 18.6. The smallest absolute Gasteiger partial charge is 0.201 e. The van der Waals surface area contributed by atoms with Crippen LogP contribution in [-0.2, 0) is 23.2 Å². The van der Waals surface area contributed by atoms with Gasteiger partial charge in [-0.25, -0.2) is 0 Å². The Kier molecular flexibility index (Phi) is 13.0. The molecule has 0 radical (unpaired) electrons. The number of phenols is 3. The Morgan fingerprint density at radius 3 is 2.34 bits per heavy atom. The summed E-state index contributed by atoms with van der Waals surface area (Å²) in [5.74, 6) is 1.08. The summed E-state index contributed by atoms with van der Waals surface area (Å²) in [6, 6.07) is 19.1. The van der Waals surface area contributed by atoms with Gasteiger partial charge in [-0.3, -0.25) is 0 Å². The van der Waals surface area contributed by atoms with Crippen LogP contribution in [0.3, 0.4) is 0 Å². The molecule has 9 rings (SSSR count). The predicted molar refractivity (Wildman–Crippen MR) is 240 cm³/mol. The summed E-state index contributed by atoms with van der Waals surface area (Å²) in [4.78, 5) is 3.08. The van der Waals surface area contributed by atoms with Gasteiger partial charge in [0.1, 0.15) is 5.75 Å². The van der Waals surface area contributed by atoms with E-state index in [1.807, 2.05) is 24.5 Å². The number of methoxy groups -OCH3 is 1. The molecule has 1 aromatic heterocycles. The van der Waals surface area contributed by atoms with Crippen LogP contribution in [0.2, 0.25) is 0 Å². The Balaban J connectivity index is 1.00. The highest BCUT2D eigenvalue weighted by Gasteiger charge is 2.46. The molecule has 4 aromatic rings. The second-order valence-corrected chi connectivity index (χ2v) is 20.0. The van der Waals surface area contributed by atoms with Gasteiger partial charge in [0.25, 0.3) is 0 Å². The van der Waals surface area contributed by atoms with E-state index in [4.69, 9.17) is 9.47 Å². The van der Waals surface area contributed by atoms with Gasteiger partial charge in [-0.1, -0.05) is 87.4 Å². The van der Waals surface area contributed by atoms with E-state index in [0.29, 0.717) is 35.6 Å². The lowest BCUT2D eigenvalue weighted by molar-refractivity contribution is -0.154. The molecule has 7 N–H and O–H groups in total. The fourth-order valence-electron chi connectivity index (χ4n) is 13.5. The number of fused-ring (bicyclic) bond motifs is 1. The van der Waals surface area contributed by atoms with Gasteiger partial charge < -0.3 is 45.1 Å². The number of ether oxygens (including phenoxy) is 2. The molecule has 334 valence electrons. The number of hydrogen-bond acceptors (Lipinski definition) is 8. The Bertz CT molecular complexity index is 2110. The van der Waals surface area contributed by atoms with Crippen LogP contribution in [0.15, 0.2) is 67.0 Å². The molecule has 5 fully saturated rings. The lowest BCUT2D eigenvalue weighted by Crippen LogP contribution is -2.44. The zero-order valence-electron chi connectivity index (χ0n) is 36.6. The Labute approximate surface area is 367 Å². The van der Waals surface area contributed by atoms with Crippen molar-refractivity contribution in [2.75, 3.05) is 7.11 Å². The molecule has 0 amide bonds. The van der Waals surface area contributed by atoms with E-state index in [1.165, 1.54) is 57.6 Å². The highest BCUT2D eigenvalue weighted by molar-refractivity contribution is 5.64. The molecule has 0 spiro atoms. The molecule has 1 saturated heterocycles. The van der Waals surface area contributed by atoms with E-state index in [9.17, 15) is 30.6 Å². The molecular weight excluding hydrogens is 779 g/mol. The number of aromatic amines is 1. The average Bonchev–Trinajstić information content (AvgIpc) is 4.04. The third-order valence-electron chi connectivity index (χ3n) is 16.7. The van der Waals surface area contributed by atoms with Crippen molar-refractivity contribution in [2.45, 2.75) is 164 Å². The minimum absolute atomic E-state index is 0.0263. The minimum atomic E-state index is -0.663. The summed E-state index contributed by atoms with van der Waals surface area (Å²) >= 11 is 0. The number of hydrogen-bond donors (Lipinski definition) is 7. The molecule has 2 heterocycles. The highest BCUT2D eigenvalue weighted by atomic mass is 16.5. The highest BCUT2D eigenvalue weighted by Crippen LogP contribution is 2.55. The number of aliphatic hydroxyl groups is 3. The molecule has 5 aliphatic rings. The molecule has 62 heavy (non-hydrogen) atoms. The van der Waals surface area contributed by atoms with Crippen LogP contribution in [0, 0.1) is 23.7 Å². The molecule has 1 aliphatic heterocycles. The van der Waals surface area contributed by atoms with Crippen molar-refractivity contribution in [3.05, 3.63) is 106 Å². The zero-order chi connectivity index (χ0) is 43.0. The van der Waals surface area contributed by atoms with E-state index in [0.717, 1.165) is 74.0 Å². The first-order valence-corrected chi connectivity index (χ1v) is 23.9. The fraction of sp³-hybridized carbons (Fsp3) is 0.585. The second-order valence-electron chi connectivity index (χ2n) is 20.0. The van der Waals surface area contributed by atoms with Crippen molar-refractivity contribution < 1.29 is 40.1 Å². The van der Waals surface area contributed by atoms with Crippen LogP contribution in [0.25, 0.3) is 0 Å². The van der Waals surface area contributed by atoms with E-state index in [1.54, 1.807) is 0 Å². The topological polar surface area (TPSA) is 156 Å². The van der Waals surface area contributed by atoms with Crippen LogP contribution in [0.5, 0.6) is 23.0 Å². The molecule has 9 atom stereocenters. The van der Waals surface area contributed by atoms with Crippen molar-refractivity contribution in [2.24, 2.45) is 23.7 Å². The molecule has 9 heteroatoms. The van der Waals surface area contributed by atoms with Crippen LogP contribution < -0.4 is 4.74 Å². The normalized spacial score (nSPS) is 29.5. The first-order valence-electron chi connectivity index (χ1n) is 23.9. The number of benzene rings is 3. The maximum absolute atomic E-state index is 12.5. The van der Waals surface area contributed by atoms with Gasteiger partial charge in [-0.15, -0.1) is 0 Å². The summed E-state index contributed by atoms with van der Waals surface area (Å²) in [7, 11) is 1.45. The van der Waals surface area contributed by atoms with Crippen LogP contribution in [0.1, 0.15) is 166 Å². The van der Waals surface area contributed by atoms with E-state index >= 15 is 0 Å². The van der Waals surface area contributed by atoms with Crippen molar-refractivity contribution in [1.29, 1.82) is 0 Å². The molecule has 4 aliphatic carbocycles. The van der Waals surface area contributed by atoms with Crippen molar-refractivity contribution in [3.63, 3.8) is 0 Å². The standard InChI is InChI=1S/C53H69NO8/c1-61-52-42(24-32-20-23-54-30-32)49(43(31-55)50(59)51(52)60)48-28-45(57)39-18-15-36(27-47(39)62-48)35-16-19-44(56)41(26-35)40-25-34(33-10-6-7-11-33)14-17-38(40)46(58)29-53(21-8-3-9-22-53)37-12-4-2-5-13-37/h2,4-5,12-13,16,19-20,23,26,30,33-34,36,38-40,45-48,54-60H,3,6-11,14-15,17-18,21-22,24-25,27-29,31H2,1H3/t34-,36-,38+,39-,40-,45+,46-,47+,48+/m1/s1. The number of aliphatic hydroxyl groups excluding tert-OH is 3. The first-order chi connectivity index (χ1) is 30.2. The number of rotatable bonds is 12. The van der Waals surface area contributed by atoms with Crippen molar-refractivity contribution in [3.8, 4) is 23.0 Å². The Morgan fingerprint density at radius 2 is 1.61 bits per heavy atom. The minimum Gasteiger partial charge on any atom is -0.508 e. The molecule has 0 bridgehead atoms. The van der Waals surface area contributed by atoms with Crippen molar-refractivity contribution >= 4 is 0 Å². The van der Waals surface area contributed by atoms with Crippen LogP contribution in [0.4, 0.5) is 0 Å². The number of phenolic OH excluding ortho intramolecular Hbond substituents is 2. The van der Waals surface area contributed by atoms with Crippen molar-refractivity contribution in [1.82, 2.24) is 4.98 Å². The first kappa shape index (κ1) is 43.2. The zero-order valence-corrected chi connectivity index (χ0v) is 36.6. The van der Waals surface area contributed by atoms with Gasteiger partial charge in [0.05, 0.1) is 38.1 Å². The average molecular weight is 848 g/mol. The quantitative estimate of drug-likeness (QED) is 0.0695. The summed E-state index contributed by atoms with van der Waals surface area (Å²) in [5.41, 5.74) is 5.74. The molecule has 3 aromatic carbocycles. The number of aromatic nitrogens is 1. The fourth-order valence-corrected chi connectivity index (χ4v) is 13.5. The Hall–Kier alpha value is -4.02. The molecule has 4 saturated carbocycles. The van der Waals surface area contributed by atoms with E-state index in [-0.39, 0.29) is 52.9 Å². The third kappa shape index (κ3) is 8.39. The van der Waals surface area contributed by atoms with E-state index in [2.05, 4.69) is 47.4 Å². The lowest BCUT2D eigenvalue weighted by atomic mass is 9.61. The number of nitrogens with one attached hydrogen (secondary N) is 1.